The second-order valence-electron chi connectivity index (χ2n) is 6.72. The molecule has 1 aromatic rings. The van der Waals surface area contributed by atoms with E-state index >= 15 is 0 Å². The number of guanidine groups is 1. The van der Waals surface area contributed by atoms with Gasteiger partial charge in [0.2, 0.25) is 0 Å². The van der Waals surface area contributed by atoms with Gasteiger partial charge in [0, 0.05) is 32.1 Å². The summed E-state index contributed by atoms with van der Waals surface area (Å²) < 4.78 is 11.6. The third-order valence-corrected chi connectivity index (χ3v) is 4.15. The van der Waals surface area contributed by atoms with Gasteiger partial charge in [0.05, 0.1) is 13.2 Å². The highest BCUT2D eigenvalue weighted by atomic mass is 127. The number of nitrogens with zero attached hydrogens (tertiary/aromatic N) is 2. The molecule has 2 N–H and O–H groups in total. The summed E-state index contributed by atoms with van der Waals surface area (Å²) in [7, 11) is 5.96. The van der Waals surface area contributed by atoms with Gasteiger partial charge in [-0.05, 0) is 45.6 Å². The second-order valence-corrected chi connectivity index (χ2v) is 6.72. The predicted octanol–water partition coefficient (Wildman–Crippen LogP) is 2.40. The molecule has 0 spiro atoms. The monoisotopic (exact) mass is 476 g/mol. The molecular weight excluding hydrogens is 443 g/mol. The van der Waals surface area contributed by atoms with Crippen molar-refractivity contribution in [2.24, 2.45) is 4.99 Å². The van der Waals surface area contributed by atoms with Crippen molar-refractivity contribution in [2.45, 2.75) is 32.4 Å². The number of aryl methyl sites for hydroxylation is 1. The van der Waals surface area contributed by atoms with Crippen LogP contribution in [0.4, 0.5) is 0 Å². The molecule has 1 saturated heterocycles. The SMILES string of the molecule is CN=C(NCCCN(C)C)NCc1ccc(C)cc1OC1CCOC1.I. The number of hydrogen-bond donors (Lipinski definition) is 2. The van der Waals surface area contributed by atoms with E-state index in [1.54, 1.807) is 7.05 Å². The predicted molar refractivity (Wildman–Crippen MR) is 118 cm³/mol. The van der Waals surface area contributed by atoms with Crippen LogP contribution in [0, 0.1) is 6.92 Å². The molecule has 0 bridgehead atoms. The van der Waals surface area contributed by atoms with Crippen LogP contribution >= 0.6 is 24.0 Å². The molecule has 1 aliphatic heterocycles. The molecule has 1 heterocycles. The Kier molecular flexibility index (Phi) is 10.9. The van der Waals surface area contributed by atoms with Crippen LogP contribution in [0.25, 0.3) is 0 Å². The minimum atomic E-state index is 0. The quantitative estimate of drug-likeness (QED) is 0.261. The number of benzene rings is 1. The van der Waals surface area contributed by atoms with Gasteiger partial charge in [-0.1, -0.05) is 12.1 Å². The molecular formula is C19H33IN4O2. The average molecular weight is 476 g/mol. The highest BCUT2D eigenvalue weighted by molar-refractivity contribution is 14.0. The lowest BCUT2D eigenvalue weighted by atomic mass is 10.1. The van der Waals surface area contributed by atoms with Gasteiger partial charge >= 0.3 is 0 Å². The largest absolute Gasteiger partial charge is 0.488 e. The first kappa shape index (κ1) is 23.0. The van der Waals surface area contributed by atoms with Crippen molar-refractivity contribution in [1.29, 1.82) is 0 Å². The fourth-order valence-electron chi connectivity index (χ4n) is 2.70. The second kappa shape index (κ2) is 12.3. The zero-order valence-electron chi connectivity index (χ0n) is 16.4. The topological polar surface area (TPSA) is 58.1 Å². The molecule has 1 aliphatic rings. The Labute approximate surface area is 174 Å². The van der Waals surface area contributed by atoms with E-state index in [4.69, 9.17) is 9.47 Å². The van der Waals surface area contributed by atoms with Crippen molar-refractivity contribution in [1.82, 2.24) is 15.5 Å². The Morgan fingerprint density at radius 1 is 1.35 bits per heavy atom. The number of nitrogens with one attached hydrogen (secondary N) is 2. The molecule has 0 aromatic heterocycles. The maximum Gasteiger partial charge on any atom is 0.191 e. The van der Waals surface area contributed by atoms with E-state index in [2.05, 4.69) is 59.7 Å². The van der Waals surface area contributed by atoms with Crippen molar-refractivity contribution < 1.29 is 9.47 Å². The van der Waals surface area contributed by atoms with Crippen LogP contribution < -0.4 is 15.4 Å². The van der Waals surface area contributed by atoms with E-state index in [-0.39, 0.29) is 30.1 Å². The average Bonchev–Trinajstić information content (AvgIpc) is 3.08. The highest BCUT2D eigenvalue weighted by Crippen LogP contribution is 2.23. The van der Waals surface area contributed by atoms with Crippen LogP contribution in [0.2, 0.25) is 0 Å². The van der Waals surface area contributed by atoms with Crippen LogP contribution in [-0.2, 0) is 11.3 Å². The van der Waals surface area contributed by atoms with E-state index in [9.17, 15) is 0 Å². The molecule has 1 aromatic carbocycles. The third kappa shape index (κ3) is 8.09. The summed E-state index contributed by atoms with van der Waals surface area (Å²) in [6.07, 6.45) is 2.19. The minimum absolute atomic E-state index is 0. The van der Waals surface area contributed by atoms with E-state index in [1.165, 1.54) is 5.56 Å². The summed E-state index contributed by atoms with van der Waals surface area (Å²) in [6, 6.07) is 6.33. The summed E-state index contributed by atoms with van der Waals surface area (Å²) in [4.78, 5) is 6.47. The minimum Gasteiger partial charge on any atom is -0.488 e. The number of halogens is 1. The molecule has 0 amide bonds. The Morgan fingerprint density at radius 2 is 2.15 bits per heavy atom. The summed E-state index contributed by atoms with van der Waals surface area (Å²) in [5, 5.41) is 6.72. The Hall–Kier alpha value is -1.06. The van der Waals surface area contributed by atoms with Gasteiger partial charge in [-0.2, -0.15) is 0 Å². The fraction of sp³-hybridized carbons (Fsp3) is 0.632. The molecule has 7 heteroatoms. The van der Waals surface area contributed by atoms with Gasteiger partial charge in [-0.3, -0.25) is 4.99 Å². The summed E-state index contributed by atoms with van der Waals surface area (Å²) in [5.41, 5.74) is 2.33. The lowest BCUT2D eigenvalue weighted by Gasteiger charge is -2.18. The molecule has 6 nitrogen and oxygen atoms in total. The number of aliphatic imine (C=N–C) groups is 1. The van der Waals surface area contributed by atoms with E-state index in [0.717, 1.165) is 49.8 Å². The summed E-state index contributed by atoms with van der Waals surface area (Å²) in [5.74, 6) is 1.75. The van der Waals surface area contributed by atoms with Crippen LogP contribution in [-0.4, -0.2) is 64.4 Å². The normalized spacial score (nSPS) is 17.1. The Morgan fingerprint density at radius 3 is 2.81 bits per heavy atom. The third-order valence-electron chi connectivity index (χ3n) is 4.15. The summed E-state index contributed by atoms with van der Waals surface area (Å²) in [6.45, 7) is 6.18. The standard InChI is InChI=1S/C19H32N4O2.HI/c1-15-6-7-16(18(12-15)25-17-8-11-24-14-17)13-22-19(20-2)21-9-5-10-23(3)4;/h6-7,12,17H,5,8-11,13-14H2,1-4H3,(H2,20,21,22);1H. The van der Waals surface area contributed by atoms with Gasteiger partial charge in [0.25, 0.3) is 0 Å². The number of hydrogen-bond acceptors (Lipinski definition) is 4. The lowest BCUT2D eigenvalue weighted by molar-refractivity contribution is 0.140. The van der Waals surface area contributed by atoms with Crippen LogP contribution in [0.5, 0.6) is 5.75 Å². The molecule has 0 saturated carbocycles. The zero-order valence-corrected chi connectivity index (χ0v) is 18.7. The highest BCUT2D eigenvalue weighted by Gasteiger charge is 2.18. The Balaban J connectivity index is 0.00000338. The first-order valence-electron chi connectivity index (χ1n) is 9.01. The Bertz CT molecular complexity index is 560. The molecule has 0 radical (unpaired) electrons. The van der Waals surface area contributed by atoms with Crippen molar-refractivity contribution in [3.8, 4) is 5.75 Å². The maximum absolute atomic E-state index is 6.15. The molecule has 1 unspecified atom stereocenters. The lowest BCUT2D eigenvalue weighted by Crippen LogP contribution is -2.38. The van der Waals surface area contributed by atoms with E-state index < -0.39 is 0 Å². The number of rotatable bonds is 8. The van der Waals surface area contributed by atoms with Crippen LogP contribution in [0.1, 0.15) is 24.0 Å². The summed E-state index contributed by atoms with van der Waals surface area (Å²) >= 11 is 0. The first-order chi connectivity index (χ1) is 12.1. The van der Waals surface area contributed by atoms with Crippen molar-refractivity contribution in [2.75, 3.05) is 47.4 Å². The van der Waals surface area contributed by atoms with Crippen LogP contribution in [0.15, 0.2) is 23.2 Å². The number of ether oxygens (including phenoxy) is 2. The molecule has 148 valence electrons. The molecule has 1 atom stereocenters. The van der Waals surface area contributed by atoms with Crippen molar-refractivity contribution in [3.05, 3.63) is 29.3 Å². The molecule has 0 aliphatic carbocycles. The van der Waals surface area contributed by atoms with Crippen molar-refractivity contribution >= 4 is 29.9 Å². The van der Waals surface area contributed by atoms with Gasteiger partial charge in [-0.15, -0.1) is 24.0 Å². The molecule has 1 fully saturated rings. The molecule has 26 heavy (non-hydrogen) atoms. The van der Waals surface area contributed by atoms with E-state index in [0.29, 0.717) is 13.2 Å². The fourth-order valence-corrected chi connectivity index (χ4v) is 2.70. The van der Waals surface area contributed by atoms with Gasteiger partial charge in [0.1, 0.15) is 11.9 Å². The maximum atomic E-state index is 6.15. The van der Waals surface area contributed by atoms with Crippen molar-refractivity contribution in [3.63, 3.8) is 0 Å². The molecule has 2 rings (SSSR count). The van der Waals surface area contributed by atoms with Gasteiger partial charge in [0.15, 0.2) is 5.96 Å². The first-order valence-corrected chi connectivity index (χ1v) is 9.01. The van der Waals surface area contributed by atoms with Crippen LogP contribution in [0.3, 0.4) is 0 Å². The van der Waals surface area contributed by atoms with Gasteiger partial charge < -0.3 is 25.0 Å². The van der Waals surface area contributed by atoms with E-state index in [1.807, 2.05) is 0 Å². The van der Waals surface area contributed by atoms with Gasteiger partial charge in [-0.25, -0.2) is 0 Å². The smallest absolute Gasteiger partial charge is 0.191 e. The zero-order chi connectivity index (χ0) is 18.1.